The molecule has 0 spiro atoms. The van der Waals surface area contributed by atoms with Gasteiger partial charge in [0.2, 0.25) is 5.95 Å². The molecule has 0 saturated carbocycles. The summed E-state index contributed by atoms with van der Waals surface area (Å²) in [6.07, 6.45) is 4.59. The van der Waals surface area contributed by atoms with Gasteiger partial charge in [0.15, 0.2) is 0 Å². The second kappa shape index (κ2) is 7.51. The van der Waals surface area contributed by atoms with Gasteiger partial charge in [0, 0.05) is 25.2 Å². The van der Waals surface area contributed by atoms with E-state index in [9.17, 15) is 9.00 Å². The highest BCUT2D eigenvalue weighted by atomic mass is 32.2. The van der Waals surface area contributed by atoms with Crippen molar-refractivity contribution in [3.8, 4) is 0 Å². The van der Waals surface area contributed by atoms with Crippen LogP contribution in [-0.2, 0) is 17.5 Å². The molecule has 0 aliphatic carbocycles. The lowest BCUT2D eigenvalue weighted by Gasteiger charge is -2.41. The first-order chi connectivity index (χ1) is 13.7. The number of nitrogens with zero attached hydrogens (tertiary/aromatic N) is 3. The molecule has 2 aromatic rings. The second-order valence-corrected chi connectivity index (χ2v) is 11.5. The minimum Gasteiger partial charge on any atom is -0.339 e. The van der Waals surface area contributed by atoms with Gasteiger partial charge in [-0.3, -0.25) is 9.36 Å². The average molecular weight is 417 g/mol. The summed E-state index contributed by atoms with van der Waals surface area (Å²) in [6, 6.07) is 4.33. The predicted molar refractivity (Wildman–Crippen MR) is 120 cm³/mol. The molecule has 0 amide bonds. The molecule has 1 aromatic heterocycles. The van der Waals surface area contributed by atoms with E-state index >= 15 is 0 Å². The number of hydrogen-bond donors (Lipinski definition) is 1. The fraction of sp³-hybridized carbons (Fsp3) is 0.636. The quantitative estimate of drug-likeness (QED) is 0.830. The largest absolute Gasteiger partial charge is 0.339 e. The van der Waals surface area contributed by atoms with E-state index in [-0.39, 0.29) is 16.3 Å². The maximum absolute atomic E-state index is 13.4. The summed E-state index contributed by atoms with van der Waals surface area (Å²) in [7, 11) is -1.20. The number of hydrogen-bond acceptors (Lipinski definition) is 4. The van der Waals surface area contributed by atoms with Gasteiger partial charge < -0.3 is 4.90 Å². The first-order valence-corrected chi connectivity index (χ1v) is 11.8. The first kappa shape index (κ1) is 20.5. The van der Waals surface area contributed by atoms with Gasteiger partial charge in [-0.15, -0.1) is 0 Å². The maximum Gasteiger partial charge on any atom is 0.262 e. The van der Waals surface area contributed by atoms with Gasteiger partial charge in [-0.05, 0) is 77.5 Å². The highest BCUT2D eigenvalue weighted by Crippen LogP contribution is 2.32. The molecular formula is C22H32N4O2S. The minimum atomic E-state index is -1.20. The Balaban J connectivity index is 1.85. The molecule has 1 aromatic carbocycles. The van der Waals surface area contributed by atoms with Crippen LogP contribution in [0.4, 0.5) is 5.95 Å². The number of nitrogens with one attached hydrogen (secondary N) is 1. The Hall–Kier alpha value is -1.73. The van der Waals surface area contributed by atoms with E-state index in [1.807, 2.05) is 45.3 Å². The molecule has 6 nitrogen and oxygen atoms in total. The summed E-state index contributed by atoms with van der Waals surface area (Å²) >= 11 is 0. The Morgan fingerprint density at radius 2 is 1.97 bits per heavy atom. The van der Waals surface area contributed by atoms with E-state index in [0.29, 0.717) is 11.4 Å². The zero-order chi connectivity index (χ0) is 20.9. The highest BCUT2D eigenvalue weighted by Gasteiger charge is 2.31. The Bertz CT molecular complexity index is 1020. The molecule has 1 saturated heterocycles. The van der Waals surface area contributed by atoms with E-state index in [0.717, 1.165) is 48.5 Å². The van der Waals surface area contributed by atoms with Crippen LogP contribution >= 0.6 is 0 Å². The van der Waals surface area contributed by atoms with Crippen LogP contribution in [0.5, 0.6) is 0 Å². The van der Waals surface area contributed by atoms with Gasteiger partial charge in [-0.1, -0.05) is 6.07 Å². The van der Waals surface area contributed by atoms with Gasteiger partial charge in [0.25, 0.3) is 5.56 Å². The summed E-state index contributed by atoms with van der Waals surface area (Å²) in [6.45, 7) is 11.6. The number of benzene rings is 1. The van der Waals surface area contributed by atoms with Crippen LogP contribution in [0.2, 0.25) is 0 Å². The van der Waals surface area contributed by atoms with E-state index in [4.69, 9.17) is 4.98 Å². The van der Waals surface area contributed by atoms with Gasteiger partial charge >= 0.3 is 0 Å². The minimum absolute atomic E-state index is 0.0446. The van der Waals surface area contributed by atoms with Crippen LogP contribution in [0.3, 0.4) is 0 Å². The lowest BCUT2D eigenvalue weighted by molar-refractivity contribution is 0.372. The molecule has 3 atom stereocenters. The maximum atomic E-state index is 13.4. The molecule has 0 bridgehead atoms. The lowest BCUT2D eigenvalue weighted by atomic mass is 9.97. The van der Waals surface area contributed by atoms with E-state index in [2.05, 4.69) is 15.7 Å². The molecule has 1 N–H and O–H groups in total. The Kier molecular flexibility index (Phi) is 5.32. The Morgan fingerprint density at radius 1 is 1.21 bits per heavy atom. The van der Waals surface area contributed by atoms with Gasteiger partial charge in [0.1, 0.15) is 0 Å². The Morgan fingerprint density at radius 3 is 2.69 bits per heavy atom. The van der Waals surface area contributed by atoms with Gasteiger partial charge in [-0.25, -0.2) is 13.9 Å². The van der Waals surface area contributed by atoms with Crippen molar-refractivity contribution in [1.29, 1.82) is 0 Å². The fourth-order valence-corrected chi connectivity index (χ4v) is 5.29. The van der Waals surface area contributed by atoms with Crippen LogP contribution < -0.4 is 15.2 Å². The van der Waals surface area contributed by atoms with Gasteiger partial charge in [0.05, 0.1) is 26.6 Å². The SMILES string of the molecule is Cc1cc([C@@H](C)N[S@](=O)C(C)(C)C)c2nc3n(c(=O)c2c1)CCC1CCCCN31. The summed E-state index contributed by atoms with van der Waals surface area (Å²) in [5.74, 6) is 0.813. The van der Waals surface area contributed by atoms with Crippen molar-refractivity contribution >= 4 is 27.8 Å². The summed E-state index contributed by atoms with van der Waals surface area (Å²) < 4.78 is 17.4. The molecular weight excluding hydrogens is 384 g/mol. The van der Waals surface area contributed by atoms with Crippen LogP contribution in [0.25, 0.3) is 10.9 Å². The molecule has 1 fully saturated rings. The molecule has 29 heavy (non-hydrogen) atoms. The summed E-state index contributed by atoms with van der Waals surface area (Å²) in [5, 5.41) is 0.661. The van der Waals surface area contributed by atoms with E-state index < -0.39 is 11.0 Å². The monoisotopic (exact) mass is 416 g/mol. The third-order valence-electron chi connectivity index (χ3n) is 6.09. The smallest absolute Gasteiger partial charge is 0.262 e. The van der Waals surface area contributed by atoms with Crippen molar-refractivity contribution in [1.82, 2.24) is 14.3 Å². The normalized spacial score (nSPS) is 21.6. The average Bonchev–Trinajstić information content (AvgIpc) is 2.67. The molecule has 2 aliphatic rings. The zero-order valence-electron chi connectivity index (χ0n) is 18.1. The zero-order valence-corrected chi connectivity index (χ0v) is 18.9. The summed E-state index contributed by atoms with van der Waals surface area (Å²) in [5.41, 5.74) is 2.75. The summed E-state index contributed by atoms with van der Waals surface area (Å²) in [4.78, 5) is 20.8. The van der Waals surface area contributed by atoms with Crippen LogP contribution in [-0.4, -0.2) is 31.1 Å². The van der Waals surface area contributed by atoms with E-state index in [1.165, 1.54) is 12.8 Å². The molecule has 1 unspecified atom stereocenters. The molecule has 2 aliphatic heterocycles. The third kappa shape index (κ3) is 3.75. The molecule has 7 heteroatoms. The molecule has 4 rings (SSSR count). The second-order valence-electron chi connectivity index (χ2n) is 9.47. The predicted octanol–water partition coefficient (Wildman–Crippen LogP) is 3.58. The number of piperidine rings is 1. The number of anilines is 1. The van der Waals surface area contributed by atoms with Crippen molar-refractivity contribution in [2.24, 2.45) is 0 Å². The Labute approximate surface area is 175 Å². The van der Waals surface area contributed by atoms with Crippen molar-refractivity contribution in [3.05, 3.63) is 33.6 Å². The molecule has 0 radical (unpaired) electrons. The van der Waals surface area contributed by atoms with Crippen LogP contribution in [0.15, 0.2) is 16.9 Å². The van der Waals surface area contributed by atoms with Crippen LogP contribution in [0, 0.1) is 6.92 Å². The number of aromatic nitrogens is 2. The van der Waals surface area contributed by atoms with Gasteiger partial charge in [-0.2, -0.15) is 0 Å². The topological polar surface area (TPSA) is 67.2 Å². The number of rotatable bonds is 3. The number of aryl methyl sites for hydroxylation is 1. The fourth-order valence-electron chi connectivity index (χ4n) is 4.49. The van der Waals surface area contributed by atoms with E-state index in [1.54, 1.807) is 0 Å². The first-order valence-electron chi connectivity index (χ1n) is 10.7. The van der Waals surface area contributed by atoms with Crippen molar-refractivity contribution in [2.75, 3.05) is 11.4 Å². The molecule has 158 valence electrons. The van der Waals surface area contributed by atoms with Crippen molar-refractivity contribution in [2.45, 2.75) is 83.7 Å². The lowest BCUT2D eigenvalue weighted by Crippen LogP contribution is -2.48. The standard InChI is InChI=1S/C22H32N4O2S/c1-14-12-17(15(2)24-29(28)22(3,4)5)19-18(13-14)20(27)26-11-9-16-8-6-7-10-25(16)21(26)23-19/h12-13,15-16,24H,6-11H2,1-5H3/t15-,16?,29-/m1/s1. The van der Waals surface area contributed by atoms with Crippen molar-refractivity contribution < 1.29 is 4.21 Å². The third-order valence-corrected chi connectivity index (χ3v) is 7.77. The highest BCUT2D eigenvalue weighted by molar-refractivity contribution is 7.84. The molecule has 3 heterocycles. The van der Waals surface area contributed by atoms with Crippen molar-refractivity contribution in [3.63, 3.8) is 0 Å². The number of fused-ring (bicyclic) bond motifs is 4. The van der Waals surface area contributed by atoms with Crippen LogP contribution in [0.1, 0.15) is 70.5 Å².